The molecule has 0 aliphatic heterocycles. The molecule has 18 heavy (non-hydrogen) atoms. The number of nitrogens with one attached hydrogen (secondary N) is 1. The van der Waals surface area contributed by atoms with E-state index in [1.165, 1.54) is 0 Å². The average molecular weight is 246 g/mol. The number of methoxy groups -OCH3 is 1. The van der Waals surface area contributed by atoms with E-state index >= 15 is 0 Å². The Morgan fingerprint density at radius 1 is 1.28 bits per heavy atom. The summed E-state index contributed by atoms with van der Waals surface area (Å²) in [5.41, 5.74) is 1.69. The molecule has 0 saturated carbocycles. The van der Waals surface area contributed by atoms with Gasteiger partial charge in [-0.1, -0.05) is 6.07 Å². The molecule has 1 heterocycles. The SMILES string of the molecule is COc1cc(C(C)(O)c2ncc[nH]2)c(C)cc1C. The van der Waals surface area contributed by atoms with Crippen molar-refractivity contribution in [2.24, 2.45) is 0 Å². The minimum atomic E-state index is -1.16. The van der Waals surface area contributed by atoms with Crippen molar-refractivity contribution in [3.63, 3.8) is 0 Å². The number of aliphatic hydroxyl groups is 1. The second kappa shape index (κ2) is 4.46. The zero-order chi connectivity index (χ0) is 13.3. The number of benzene rings is 1. The van der Waals surface area contributed by atoms with E-state index in [4.69, 9.17) is 4.74 Å². The highest BCUT2D eigenvalue weighted by atomic mass is 16.5. The molecule has 0 aliphatic rings. The van der Waals surface area contributed by atoms with E-state index in [-0.39, 0.29) is 0 Å². The molecule has 0 fully saturated rings. The van der Waals surface area contributed by atoms with Crippen molar-refractivity contribution in [2.45, 2.75) is 26.4 Å². The van der Waals surface area contributed by atoms with E-state index in [9.17, 15) is 5.11 Å². The molecule has 96 valence electrons. The van der Waals surface area contributed by atoms with Crippen molar-refractivity contribution in [1.82, 2.24) is 9.97 Å². The van der Waals surface area contributed by atoms with Crippen LogP contribution in [0, 0.1) is 13.8 Å². The summed E-state index contributed by atoms with van der Waals surface area (Å²) in [5.74, 6) is 1.29. The molecule has 0 spiro atoms. The Morgan fingerprint density at radius 3 is 2.56 bits per heavy atom. The van der Waals surface area contributed by atoms with Gasteiger partial charge in [-0.05, 0) is 43.5 Å². The third kappa shape index (κ3) is 1.99. The Bertz CT molecular complexity index is 545. The summed E-state index contributed by atoms with van der Waals surface area (Å²) in [6, 6.07) is 3.87. The monoisotopic (exact) mass is 246 g/mol. The summed E-state index contributed by atoms with van der Waals surface area (Å²) in [7, 11) is 1.63. The fourth-order valence-corrected chi connectivity index (χ4v) is 2.24. The van der Waals surface area contributed by atoms with Crippen LogP contribution in [0.15, 0.2) is 24.5 Å². The number of hydrogen-bond donors (Lipinski definition) is 2. The standard InChI is InChI=1S/C14H18N2O2/c1-9-7-10(2)12(18-4)8-11(9)14(3,17)13-15-5-6-16-13/h5-8,17H,1-4H3,(H,15,16). The molecule has 1 atom stereocenters. The van der Waals surface area contributed by atoms with Crippen molar-refractivity contribution in [2.75, 3.05) is 7.11 Å². The fourth-order valence-electron chi connectivity index (χ4n) is 2.24. The Hall–Kier alpha value is -1.81. The lowest BCUT2D eigenvalue weighted by Crippen LogP contribution is -2.25. The van der Waals surface area contributed by atoms with Gasteiger partial charge in [-0.15, -0.1) is 0 Å². The topological polar surface area (TPSA) is 58.1 Å². The van der Waals surface area contributed by atoms with Gasteiger partial charge in [0, 0.05) is 12.4 Å². The molecule has 1 aromatic heterocycles. The number of H-pyrrole nitrogens is 1. The van der Waals surface area contributed by atoms with Gasteiger partial charge in [0.05, 0.1) is 7.11 Å². The van der Waals surface area contributed by atoms with Crippen molar-refractivity contribution in [1.29, 1.82) is 0 Å². The van der Waals surface area contributed by atoms with E-state index in [1.54, 1.807) is 26.4 Å². The minimum Gasteiger partial charge on any atom is -0.496 e. The first-order valence-corrected chi connectivity index (χ1v) is 5.84. The summed E-state index contributed by atoms with van der Waals surface area (Å²) in [6.45, 7) is 5.68. The van der Waals surface area contributed by atoms with Gasteiger partial charge in [-0.25, -0.2) is 4.98 Å². The normalized spacial score (nSPS) is 14.3. The second-order valence-electron chi connectivity index (χ2n) is 4.65. The molecule has 1 unspecified atom stereocenters. The average Bonchev–Trinajstić information content (AvgIpc) is 2.82. The summed E-state index contributed by atoms with van der Waals surface area (Å²) >= 11 is 0. The Balaban J connectivity index is 2.57. The third-order valence-electron chi connectivity index (χ3n) is 3.23. The van der Waals surface area contributed by atoms with E-state index in [1.807, 2.05) is 26.0 Å². The molecule has 4 nitrogen and oxygen atoms in total. The van der Waals surface area contributed by atoms with Gasteiger partial charge in [-0.2, -0.15) is 0 Å². The van der Waals surface area contributed by atoms with Crippen LogP contribution in [-0.4, -0.2) is 22.2 Å². The molecule has 1 aromatic carbocycles. The van der Waals surface area contributed by atoms with Gasteiger partial charge in [0.1, 0.15) is 17.2 Å². The fraction of sp³-hybridized carbons (Fsp3) is 0.357. The number of imidazole rings is 1. The first kappa shape index (κ1) is 12.6. The predicted octanol–water partition coefficient (Wildman–Crippen LogP) is 2.29. The Morgan fingerprint density at radius 2 is 2.00 bits per heavy atom. The van der Waals surface area contributed by atoms with E-state index in [0.29, 0.717) is 5.82 Å². The molecule has 0 amide bonds. The first-order valence-electron chi connectivity index (χ1n) is 5.84. The van der Waals surface area contributed by atoms with Crippen LogP contribution in [0.5, 0.6) is 5.75 Å². The van der Waals surface area contributed by atoms with Gasteiger partial charge >= 0.3 is 0 Å². The van der Waals surface area contributed by atoms with Crippen LogP contribution in [0.25, 0.3) is 0 Å². The molecular weight excluding hydrogens is 228 g/mol. The number of aromatic amines is 1. The van der Waals surface area contributed by atoms with Gasteiger partial charge in [-0.3, -0.25) is 0 Å². The number of aromatic nitrogens is 2. The van der Waals surface area contributed by atoms with Crippen LogP contribution in [-0.2, 0) is 5.60 Å². The van der Waals surface area contributed by atoms with E-state index in [2.05, 4.69) is 9.97 Å². The van der Waals surface area contributed by atoms with Crippen LogP contribution >= 0.6 is 0 Å². The van der Waals surface area contributed by atoms with Crippen LogP contribution in [0.2, 0.25) is 0 Å². The molecule has 0 radical (unpaired) electrons. The summed E-state index contributed by atoms with van der Waals surface area (Å²) in [6.07, 6.45) is 3.33. The highest BCUT2D eigenvalue weighted by Crippen LogP contribution is 2.33. The van der Waals surface area contributed by atoms with E-state index < -0.39 is 5.60 Å². The first-order chi connectivity index (χ1) is 8.46. The van der Waals surface area contributed by atoms with Crippen molar-refractivity contribution in [3.05, 3.63) is 47.0 Å². The number of hydrogen-bond acceptors (Lipinski definition) is 3. The highest BCUT2D eigenvalue weighted by molar-refractivity contribution is 5.45. The molecule has 0 saturated heterocycles. The quantitative estimate of drug-likeness (QED) is 0.873. The maximum absolute atomic E-state index is 10.7. The molecule has 4 heteroatoms. The van der Waals surface area contributed by atoms with Crippen molar-refractivity contribution < 1.29 is 9.84 Å². The summed E-state index contributed by atoms with van der Waals surface area (Å²) in [5, 5.41) is 10.7. The molecule has 0 bridgehead atoms. The summed E-state index contributed by atoms with van der Waals surface area (Å²) < 4.78 is 5.31. The predicted molar refractivity (Wildman–Crippen MR) is 69.7 cm³/mol. The van der Waals surface area contributed by atoms with Crippen LogP contribution in [0.4, 0.5) is 0 Å². The number of rotatable bonds is 3. The van der Waals surface area contributed by atoms with Gasteiger partial charge < -0.3 is 14.8 Å². The van der Waals surface area contributed by atoms with Gasteiger partial charge in [0.25, 0.3) is 0 Å². The molecule has 2 rings (SSSR count). The third-order valence-corrected chi connectivity index (χ3v) is 3.23. The van der Waals surface area contributed by atoms with Crippen molar-refractivity contribution in [3.8, 4) is 5.75 Å². The molecule has 0 aliphatic carbocycles. The lowest BCUT2D eigenvalue weighted by atomic mass is 9.90. The Kier molecular flexibility index (Phi) is 3.13. The maximum Gasteiger partial charge on any atom is 0.144 e. The highest BCUT2D eigenvalue weighted by Gasteiger charge is 2.30. The maximum atomic E-state index is 10.7. The zero-order valence-corrected chi connectivity index (χ0v) is 11.1. The van der Waals surface area contributed by atoms with Crippen LogP contribution in [0.1, 0.15) is 29.4 Å². The Labute approximate surface area is 107 Å². The number of nitrogens with zero attached hydrogens (tertiary/aromatic N) is 1. The van der Waals surface area contributed by atoms with E-state index in [0.717, 1.165) is 22.4 Å². The van der Waals surface area contributed by atoms with Gasteiger partial charge in [0.2, 0.25) is 0 Å². The van der Waals surface area contributed by atoms with Crippen LogP contribution in [0.3, 0.4) is 0 Å². The van der Waals surface area contributed by atoms with Gasteiger partial charge in [0.15, 0.2) is 0 Å². The van der Waals surface area contributed by atoms with Crippen molar-refractivity contribution >= 4 is 0 Å². The lowest BCUT2D eigenvalue weighted by molar-refractivity contribution is 0.0922. The van der Waals surface area contributed by atoms with Crippen LogP contribution < -0.4 is 4.74 Å². The minimum absolute atomic E-state index is 0.525. The zero-order valence-electron chi connectivity index (χ0n) is 11.1. The molecule has 2 N–H and O–H groups in total. The number of aryl methyl sites for hydroxylation is 2. The summed E-state index contributed by atoms with van der Waals surface area (Å²) in [4.78, 5) is 7.09. The number of ether oxygens (including phenoxy) is 1. The molecular formula is C14H18N2O2. The second-order valence-corrected chi connectivity index (χ2v) is 4.65. The largest absolute Gasteiger partial charge is 0.496 e. The smallest absolute Gasteiger partial charge is 0.144 e. The molecule has 2 aromatic rings. The lowest BCUT2D eigenvalue weighted by Gasteiger charge is -2.24.